The Morgan fingerprint density at radius 1 is 1.25 bits per heavy atom. The maximum absolute atomic E-state index is 11.8. The monoisotopic (exact) mass is 231 g/mol. The molecular formula is C10H8F3NO2. The summed E-state index contributed by atoms with van der Waals surface area (Å²) in [6, 6.07) is 4.84. The van der Waals surface area contributed by atoms with Gasteiger partial charge in [-0.1, -0.05) is 0 Å². The van der Waals surface area contributed by atoms with Crippen molar-refractivity contribution in [2.45, 2.75) is 6.18 Å². The van der Waals surface area contributed by atoms with E-state index in [1.165, 1.54) is 0 Å². The molecule has 1 aliphatic heterocycles. The van der Waals surface area contributed by atoms with Gasteiger partial charge in [-0.3, -0.25) is 4.99 Å². The second-order valence-electron chi connectivity index (χ2n) is 3.20. The van der Waals surface area contributed by atoms with E-state index in [1.807, 2.05) is 0 Å². The van der Waals surface area contributed by atoms with Gasteiger partial charge in [-0.2, -0.15) is 13.2 Å². The lowest BCUT2D eigenvalue weighted by Gasteiger charge is -2.00. The lowest BCUT2D eigenvalue weighted by atomic mass is 10.2. The molecule has 3 nitrogen and oxygen atoms in total. The molecule has 0 amide bonds. The summed E-state index contributed by atoms with van der Waals surface area (Å²) in [6.45, 7) is -1.04. The van der Waals surface area contributed by atoms with Gasteiger partial charge in [-0.25, -0.2) is 0 Å². The van der Waals surface area contributed by atoms with Crippen molar-refractivity contribution in [3.8, 4) is 11.5 Å². The Labute approximate surface area is 89.5 Å². The summed E-state index contributed by atoms with van der Waals surface area (Å²) in [5.74, 6) is 1.11. The number of nitrogens with zero attached hydrogens (tertiary/aromatic N) is 1. The van der Waals surface area contributed by atoms with Crippen LogP contribution in [-0.2, 0) is 0 Å². The van der Waals surface area contributed by atoms with E-state index in [9.17, 15) is 13.2 Å². The molecule has 0 N–H and O–H groups in total. The minimum absolute atomic E-state index is 0.137. The molecule has 0 aromatic heterocycles. The molecule has 0 spiro atoms. The average Bonchev–Trinajstić information content (AvgIpc) is 2.62. The number of hydrogen-bond acceptors (Lipinski definition) is 3. The van der Waals surface area contributed by atoms with Crippen LogP contribution in [0.4, 0.5) is 13.2 Å². The van der Waals surface area contributed by atoms with Crippen LogP contribution < -0.4 is 9.47 Å². The number of ether oxygens (including phenoxy) is 2. The van der Waals surface area contributed by atoms with E-state index in [-0.39, 0.29) is 6.79 Å². The van der Waals surface area contributed by atoms with Crippen LogP contribution in [0.3, 0.4) is 0 Å². The van der Waals surface area contributed by atoms with Gasteiger partial charge in [-0.15, -0.1) is 0 Å². The summed E-state index contributed by atoms with van der Waals surface area (Å²) in [4.78, 5) is 3.29. The van der Waals surface area contributed by atoms with Crippen molar-refractivity contribution in [2.75, 3.05) is 13.3 Å². The highest BCUT2D eigenvalue weighted by molar-refractivity contribution is 5.81. The smallest absolute Gasteiger partial charge is 0.407 e. The highest BCUT2D eigenvalue weighted by atomic mass is 19.4. The Morgan fingerprint density at radius 3 is 2.75 bits per heavy atom. The lowest BCUT2D eigenvalue weighted by Crippen LogP contribution is -2.11. The highest BCUT2D eigenvalue weighted by Crippen LogP contribution is 2.32. The zero-order valence-corrected chi connectivity index (χ0v) is 8.12. The minimum atomic E-state index is -4.27. The Hall–Kier alpha value is -1.72. The molecule has 2 rings (SSSR count). The molecule has 0 aliphatic carbocycles. The van der Waals surface area contributed by atoms with Gasteiger partial charge in [0.2, 0.25) is 6.79 Å². The standard InChI is InChI=1S/C10H8F3NO2/c11-10(12,13)5-14-4-7-1-2-8-9(3-7)16-6-15-8/h1-4H,5-6H2. The SMILES string of the molecule is FC(F)(F)CN=Cc1ccc2c(c1)OCO2. The molecule has 0 fully saturated rings. The van der Waals surface area contributed by atoms with Crippen LogP contribution in [0.5, 0.6) is 11.5 Å². The number of benzene rings is 1. The zero-order valence-electron chi connectivity index (χ0n) is 8.12. The van der Waals surface area contributed by atoms with Crippen LogP contribution >= 0.6 is 0 Å². The second-order valence-corrected chi connectivity index (χ2v) is 3.20. The molecule has 86 valence electrons. The summed E-state index contributed by atoms with van der Waals surface area (Å²) >= 11 is 0. The summed E-state index contributed by atoms with van der Waals surface area (Å²) in [5.41, 5.74) is 0.550. The third-order valence-corrected chi connectivity index (χ3v) is 1.91. The largest absolute Gasteiger partial charge is 0.454 e. The van der Waals surface area contributed by atoms with E-state index < -0.39 is 12.7 Å². The molecule has 0 saturated heterocycles. The summed E-state index contributed by atoms with van der Waals surface area (Å²) in [7, 11) is 0. The average molecular weight is 231 g/mol. The first-order valence-electron chi connectivity index (χ1n) is 4.51. The summed E-state index contributed by atoms with van der Waals surface area (Å²) in [5, 5.41) is 0. The summed E-state index contributed by atoms with van der Waals surface area (Å²) < 4.78 is 45.6. The lowest BCUT2D eigenvalue weighted by molar-refractivity contribution is -0.118. The second kappa shape index (κ2) is 4.03. The molecule has 0 bridgehead atoms. The van der Waals surface area contributed by atoms with Gasteiger partial charge in [0.15, 0.2) is 11.5 Å². The molecule has 1 heterocycles. The van der Waals surface area contributed by atoms with Crippen molar-refractivity contribution in [3.63, 3.8) is 0 Å². The molecule has 0 unspecified atom stereocenters. The molecule has 1 aromatic carbocycles. The maximum atomic E-state index is 11.8. The Morgan fingerprint density at radius 2 is 2.00 bits per heavy atom. The first kappa shape index (κ1) is 10.8. The van der Waals surface area contributed by atoms with E-state index >= 15 is 0 Å². The number of alkyl halides is 3. The van der Waals surface area contributed by atoms with Gasteiger partial charge < -0.3 is 9.47 Å². The van der Waals surface area contributed by atoms with E-state index in [2.05, 4.69) is 4.99 Å². The Kier molecular flexibility index (Phi) is 2.72. The van der Waals surface area contributed by atoms with Gasteiger partial charge in [0.1, 0.15) is 6.54 Å². The highest BCUT2D eigenvalue weighted by Gasteiger charge is 2.25. The van der Waals surface area contributed by atoms with E-state index in [0.29, 0.717) is 17.1 Å². The predicted octanol–water partition coefficient (Wildman–Crippen LogP) is 2.40. The Bertz CT molecular complexity index is 415. The van der Waals surface area contributed by atoms with E-state index in [1.54, 1.807) is 18.2 Å². The summed E-state index contributed by atoms with van der Waals surface area (Å²) in [6.07, 6.45) is -3.11. The normalized spacial score (nSPS) is 14.7. The van der Waals surface area contributed by atoms with Crippen molar-refractivity contribution in [1.82, 2.24) is 0 Å². The number of fused-ring (bicyclic) bond motifs is 1. The van der Waals surface area contributed by atoms with Crippen LogP contribution in [-0.4, -0.2) is 25.7 Å². The molecular weight excluding hydrogens is 223 g/mol. The predicted molar refractivity (Wildman–Crippen MR) is 51.1 cm³/mol. The van der Waals surface area contributed by atoms with Gasteiger partial charge in [0, 0.05) is 6.21 Å². The molecule has 0 saturated carbocycles. The van der Waals surface area contributed by atoms with Crippen LogP contribution in [0.2, 0.25) is 0 Å². The van der Waals surface area contributed by atoms with Crippen molar-refractivity contribution < 1.29 is 22.6 Å². The first-order chi connectivity index (χ1) is 7.54. The van der Waals surface area contributed by atoms with Crippen LogP contribution in [0.15, 0.2) is 23.2 Å². The number of hydrogen-bond donors (Lipinski definition) is 0. The number of aliphatic imine (C=N–C) groups is 1. The van der Waals surface area contributed by atoms with Crippen molar-refractivity contribution in [3.05, 3.63) is 23.8 Å². The fraction of sp³-hybridized carbons (Fsp3) is 0.300. The number of halogens is 3. The third-order valence-electron chi connectivity index (χ3n) is 1.91. The molecule has 0 radical (unpaired) electrons. The molecule has 0 atom stereocenters. The number of rotatable bonds is 2. The maximum Gasteiger partial charge on any atom is 0.407 e. The van der Waals surface area contributed by atoms with Gasteiger partial charge >= 0.3 is 6.18 Å². The molecule has 16 heavy (non-hydrogen) atoms. The zero-order chi connectivity index (χ0) is 11.6. The van der Waals surface area contributed by atoms with Crippen molar-refractivity contribution in [1.29, 1.82) is 0 Å². The fourth-order valence-corrected chi connectivity index (χ4v) is 1.25. The van der Waals surface area contributed by atoms with Gasteiger partial charge in [0.25, 0.3) is 0 Å². The van der Waals surface area contributed by atoms with Crippen molar-refractivity contribution in [2.24, 2.45) is 4.99 Å². The van der Waals surface area contributed by atoms with E-state index in [4.69, 9.17) is 9.47 Å². The van der Waals surface area contributed by atoms with Gasteiger partial charge in [-0.05, 0) is 23.8 Å². The van der Waals surface area contributed by atoms with E-state index in [0.717, 1.165) is 6.21 Å². The third kappa shape index (κ3) is 2.65. The van der Waals surface area contributed by atoms with Crippen LogP contribution in [0.25, 0.3) is 0 Å². The van der Waals surface area contributed by atoms with Crippen LogP contribution in [0.1, 0.15) is 5.56 Å². The molecule has 6 heteroatoms. The quantitative estimate of drug-likeness (QED) is 0.732. The minimum Gasteiger partial charge on any atom is -0.454 e. The molecule has 1 aliphatic rings. The molecule has 1 aromatic rings. The fourth-order valence-electron chi connectivity index (χ4n) is 1.25. The first-order valence-corrected chi connectivity index (χ1v) is 4.51. The Balaban J connectivity index is 2.05. The van der Waals surface area contributed by atoms with Crippen LogP contribution in [0, 0.1) is 0 Å². The van der Waals surface area contributed by atoms with Crippen molar-refractivity contribution >= 4 is 6.21 Å². The van der Waals surface area contributed by atoms with Gasteiger partial charge in [0.05, 0.1) is 0 Å². The topological polar surface area (TPSA) is 30.8 Å².